The number of aryl methyl sites for hydroxylation is 1. The number of rotatable bonds is 4. The van der Waals surface area contributed by atoms with Crippen molar-refractivity contribution in [2.75, 3.05) is 4.72 Å². The lowest BCUT2D eigenvalue weighted by Gasteiger charge is -2.15. The molecule has 24 heavy (non-hydrogen) atoms. The van der Waals surface area contributed by atoms with Gasteiger partial charge in [-0.1, -0.05) is 23.8 Å². The second-order valence-corrected chi connectivity index (χ2v) is 6.63. The Morgan fingerprint density at radius 3 is 2.17 bits per heavy atom. The van der Waals surface area contributed by atoms with Gasteiger partial charge in [0.05, 0.1) is 21.7 Å². The molecule has 0 radical (unpaired) electrons. The minimum Gasteiger partial charge on any atom is -0.478 e. The van der Waals surface area contributed by atoms with E-state index in [2.05, 4.69) is 0 Å². The average Bonchev–Trinajstić information content (AvgIpc) is 2.45. The van der Waals surface area contributed by atoms with E-state index in [4.69, 9.17) is 5.11 Å². The molecule has 0 aliphatic heterocycles. The summed E-state index contributed by atoms with van der Waals surface area (Å²) in [6.07, 6.45) is -4.93. The maximum Gasteiger partial charge on any atom is 0.417 e. The van der Waals surface area contributed by atoms with Gasteiger partial charge in [-0.25, -0.2) is 13.2 Å². The summed E-state index contributed by atoms with van der Waals surface area (Å²) in [5, 5.41) is 9.08. The van der Waals surface area contributed by atoms with Gasteiger partial charge in [-0.3, -0.25) is 4.72 Å². The molecule has 0 aromatic heterocycles. The number of hydrogen-bond donors (Lipinski definition) is 2. The number of aromatic carboxylic acids is 1. The van der Waals surface area contributed by atoms with E-state index in [-0.39, 0.29) is 4.90 Å². The predicted octanol–water partition coefficient (Wildman–Crippen LogP) is 3.51. The first kappa shape index (κ1) is 17.8. The third-order valence-corrected chi connectivity index (χ3v) is 4.54. The first-order valence-electron chi connectivity index (χ1n) is 6.55. The largest absolute Gasteiger partial charge is 0.478 e. The Labute approximate surface area is 135 Å². The summed E-state index contributed by atoms with van der Waals surface area (Å²) in [5.41, 5.74) is -2.45. The van der Waals surface area contributed by atoms with Crippen LogP contribution in [-0.2, 0) is 16.2 Å². The molecule has 0 saturated heterocycles. The van der Waals surface area contributed by atoms with Crippen LogP contribution in [0.5, 0.6) is 0 Å². The summed E-state index contributed by atoms with van der Waals surface area (Å²) >= 11 is 0. The van der Waals surface area contributed by atoms with Crippen LogP contribution < -0.4 is 4.72 Å². The third kappa shape index (κ3) is 3.67. The Morgan fingerprint density at radius 2 is 1.67 bits per heavy atom. The number of sulfonamides is 1. The summed E-state index contributed by atoms with van der Waals surface area (Å²) in [4.78, 5) is 11.0. The Bertz CT molecular complexity index is 875. The number of benzene rings is 2. The van der Waals surface area contributed by atoms with Crippen LogP contribution in [-0.4, -0.2) is 19.5 Å². The summed E-state index contributed by atoms with van der Waals surface area (Å²) in [5.74, 6) is -1.88. The molecule has 0 unspecified atom stereocenters. The number of carbonyl (C=O) groups is 1. The number of alkyl halides is 3. The Balaban J connectivity index is 2.53. The van der Waals surface area contributed by atoms with E-state index in [9.17, 15) is 26.4 Å². The molecule has 0 saturated carbocycles. The highest BCUT2D eigenvalue weighted by molar-refractivity contribution is 7.92. The molecule has 2 aromatic carbocycles. The molecule has 0 atom stereocenters. The Morgan fingerprint density at radius 1 is 1.08 bits per heavy atom. The lowest BCUT2D eigenvalue weighted by molar-refractivity contribution is -0.138. The van der Waals surface area contributed by atoms with Gasteiger partial charge in [0.1, 0.15) is 0 Å². The standard InChI is InChI=1S/C15H12F3NO4S/c1-9-5-7-10(8-6-9)24(22,23)19-12-4-2-3-11(15(16,17)18)13(12)14(20)21/h2-8,19H,1H3,(H,20,21). The molecule has 9 heteroatoms. The van der Waals surface area contributed by atoms with Crippen LogP contribution in [0.1, 0.15) is 21.5 Å². The smallest absolute Gasteiger partial charge is 0.417 e. The molecule has 0 aliphatic rings. The highest BCUT2D eigenvalue weighted by atomic mass is 32.2. The van der Waals surface area contributed by atoms with E-state index in [1.165, 1.54) is 24.3 Å². The number of halogens is 3. The Hall–Kier alpha value is -2.55. The molecule has 0 spiro atoms. The number of nitrogens with one attached hydrogen (secondary N) is 1. The highest BCUT2D eigenvalue weighted by Gasteiger charge is 2.37. The quantitative estimate of drug-likeness (QED) is 0.875. The van der Waals surface area contributed by atoms with E-state index >= 15 is 0 Å². The van der Waals surface area contributed by atoms with Crippen molar-refractivity contribution in [1.29, 1.82) is 0 Å². The van der Waals surface area contributed by atoms with Crippen LogP contribution in [0.3, 0.4) is 0 Å². The molecular formula is C15H12F3NO4S. The molecule has 128 valence electrons. The van der Waals surface area contributed by atoms with E-state index < -0.39 is 39.0 Å². The van der Waals surface area contributed by atoms with Crippen molar-refractivity contribution in [2.45, 2.75) is 18.0 Å². The molecule has 0 amide bonds. The zero-order valence-corrected chi connectivity index (χ0v) is 13.1. The predicted molar refractivity (Wildman–Crippen MR) is 80.4 cm³/mol. The van der Waals surface area contributed by atoms with Crippen molar-refractivity contribution in [1.82, 2.24) is 0 Å². The number of anilines is 1. The second kappa shape index (κ2) is 6.16. The van der Waals surface area contributed by atoms with Gasteiger partial charge in [0, 0.05) is 0 Å². The van der Waals surface area contributed by atoms with E-state index in [0.29, 0.717) is 6.07 Å². The van der Waals surface area contributed by atoms with E-state index in [1.807, 2.05) is 4.72 Å². The summed E-state index contributed by atoms with van der Waals surface area (Å²) in [6.45, 7) is 1.74. The van der Waals surface area contributed by atoms with Crippen LogP contribution in [0.15, 0.2) is 47.4 Å². The maximum atomic E-state index is 12.9. The number of hydrogen-bond acceptors (Lipinski definition) is 3. The minimum atomic E-state index is -4.93. The molecule has 5 nitrogen and oxygen atoms in total. The van der Waals surface area contributed by atoms with Crippen molar-refractivity contribution in [3.8, 4) is 0 Å². The van der Waals surface area contributed by atoms with Gasteiger partial charge in [-0.05, 0) is 31.2 Å². The van der Waals surface area contributed by atoms with Crippen molar-refractivity contribution in [2.24, 2.45) is 0 Å². The second-order valence-electron chi connectivity index (χ2n) is 4.95. The van der Waals surface area contributed by atoms with Crippen molar-refractivity contribution in [3.63, 3.8) is 0 Å². The monoisotopic (exact) mass is 359 g/mol. The number of carboxylic acid groups (broad SMARTS) is 1. The van der Waals surface area contributed by atoms with Gasteiger partial charge < -0.3 is 5.11 Å². The zero-order chi connectivity index (χ0) is 18.1. The molecule has 0 bridgehead atoms. The van der Waals surface area contributed by atoms with Gasteiger partial charge in [0.2, 0.25) is 0 Å². The highest BCUT2D eigenvalue weighted by Crippen LogP contribution is 2.35. The maximum absolute atomic E-state index is 12.9. The first-order valence-corrected chi connectivity index (χ1v) is 8.03. The van der Waals surface area contributed by atoms with Crippen LogP contribution in [0.25, 0.3) is 0 Å². The van der Waals surface area contributed by atoms with Crippen LogP contribution in [0.4, 0.5) is 18.9 Å². The van der Waals surface area contributed by atoms with Crippen LogP contribution in [0, 0.1) is 6.92 Å². The molecular weight excluding hydrogens is 347 g/mol. The number of carboxylic acids is 1. The van der Waals surface area contributed by atoms with Crippen molar-refractivity contribution < 1.29 is 31.5 Å². The van der Waals surface area contributed by atoms with Crippen LogP contribution in [0.2, 0.25) is 0 Å². The summed E-state index contributed by atoms with van der Waals surface area (Å²) in [6, 6.07) is 8.04. The third-order valence-electron chi connectivity index (χ3n) is 3.16. The fraction of sp³-hybridized carbons (Fsp3) is 0.133. The first-order chi connectivity index (χ1) is 11.0. The SMILES string of the molecule is Cc1ccc(S(=O)(=O)Nc2cccc(C(F)(F)F)c2C(=O)O)cc1. The fourth-order valence-corrected chi connectivity index (χ4v) is 3.10. The molecule has 2 rings (SSSR count). The van der Waals surface area contributed by atoms with Gasteiger partial charge in [-0.15, -0.1) is 0 Å². The minimum absolute atomic E-state index is 0.193. The Kier molecular flexibility index (Phi) is 4.57. The molecule has 0 aliphatic carbocycles. The van der Waals surface area contributed by atoms with Crippen LogP contribution >= 0.6 is 0 Å². The summed E-state index contributed by atoms with van der Waals surface area (Å²) in [7, 11) is -4.23. The van der Waals surface area contributed by atoms with Gasteiger partial charge >= 0.3 is 12.1 Å². The summed E-state index contributed by atoms with van der Waals surface area (Å²) < 4.78 is 65.3. The zero-order valence-electron chi connectivity index (χ0n) is 12.3. The average molecular weight is 359 g/mol. The van der Waals surface area contributed by atoms with Crippen molar-refractivity contribution >= 4 is 21.7 Å². The topological polar surface area (TPSA) is 83.5 Å². The molecule has 0 heterocycles. The van der Waals surface area contributed by atoms with Gasteiger partial charge in [-0.2, -0.15) is 13.2 Å². The lowest BCUT2D eigenvalue weighted by atomic mass is 10.1. The van der Waals surface area contributed by atoms with Gasteiger partial charge in [0.25, 0.3) is 10.0 Å². The van der Waals surface area contributed by atoms with Crippen molar-refractivity contribution in [3.05, 3.63) is 59.2 Å². The normalized spacial score (nSPS) is 12.0. The van der Waals surface area contributed by atoms with E-state index in [0.717, 1.165) is 17.7 Å². The molecule has 2 aromatic rings. The van der Waals surface area contributed by atoms with Gasteiger partial charge in [0.15, 0.2) is 0 Å². The fourth-order valence-electron chi connectivity index (χ4n) is 2.03. The van der Waals surface area contributed by atoms with E-state index in [1.54, 1.807) is 6.92 Å². The lowest BCUT2D eigenvalue weighted by Crippen LogP contribution is -2.19. The molecule has 0 fully saturated rings. The molecule has 2 N–H and O–H groups in total.